The number of nitrogens with zero attached hydrogens (tertiary/aromatic N) is 3. The van der Waals surface area contributed by atoms with Gasteiger partial charge in [-0.2, -0.15) is 0 Å². The molecule has 176 valence electrons. The number of aliphatic hydroxyl groups is 1. The number of benzene rings is 1. The molecule has 0 radical (unpaired) electrons. The first-order valence-electron chi connectivity index (χ1n) is 12.3. The second-order valence-electron chi connectivity index (χ2n) is 10.5. The van der Waals surface area contributed by atoms with Crippen molar-refractivity contribution in [2.75, 3.05) is 32.8 Å². The van der Waals surface area contributed by atoms with E-state index in [9.17, 15) is 14.7 Å². The molecule has 1 aromatic carbocycles. The van der Waals surface area contributed by atoms with Crippen LogP contribution in [0.15, 0.2) is 30.5 Å². The van der Waals surface area contributed by atoms with E-state index in [2.05, 4.69) is 40.7 Å². The molecule has 1 aliphatic carbocycles. The van der Waals surface area contributed by atoms with Crippen LogP contribution >= 0.6 is 0 Å². The van der Waals surface area contributed by atoms with E-state index in [1.807, 2.05) is 4.90 Å². The van der Waals surface area contributed by atoms with Crippen LogP contribution in [-0.2, 0) is 4.79 Å². The number of hydrogen-bond acceptors (Lipinski definition) is 5. The number of rotatable bonds is 2. The molecule has 4 aliphatic heterocycles. The topological polar surface area (TPSA) is 102 Å². The number of piperidine rings is 2. The SMILES string of the molecule is NC(=O)N1CCC(C(=O)N2CCC3(CC2)CC(C2c4ccccc4C4=CNCN42)C3O)CC1. The van der Waals surface area contributed by atoms with Crippen LogP contribution in [0.5, 0.6) is 0 Å². The predicted molar refractivity (Wildman–Crippen MR) is 123 cm³/mol. The molecule has 8 heteroatoms. The number of amides is 3. The van der Waals surface area contributed by atoms with Crippen LogP contribution in [0.2, 0.25) is 0 Å². The Labute approximate surface area is 194 Å². The first-order valence-corrected chi connectivity index (χ1v) is 12.3. The maximum Gasteiger partial charge on any atom is 0.314 e. The fourth-order valence-corrected chi connectivity index (χ4v) is 7.06. The summed E-state index contributed by atoms with van der Waals surface area (Å²) in [7, 11) is 0. The summed E-state index contributed by atoms with van der Waals surface area (Å²) in [5.41, 5.74) is 9.16. The number of nitrogens with two attached hydrogens (primary N) is 1. The Hall–Kier alpha value is -2.74. The van der Waals surface area contributed by atoms with Gasteiger partial charge < -0.3 is 30.9 Å². The van der Waals surface area contributed by atoms with Crippen LogP contribution in [0, 0.1) is 17.3 Å². The molecule has 1 aromatic rings. The highest BCUT2D eigenvalue weighted by Crippen LogP contribution is 2.60. The van der Waals surface area contributed by atoms with Gasteiger partial charge in [-0.25, -0.2) is 4.79 Å². The molecule has 5 aliphatic rings. The van der Waals surface area contributed by atoms with Crippen molar-refractivity contribution in [3.8, 4) is 0 Å². The summed E-state index contributed by atoms with van der Waals surface area (Å²) in [6.07, 6.45) is 5.88. The van der Waals surface area contributed by atoms with Crippen molar-refractivity contribution in [2.45, 2.75) is 44.2 Å². The lowest BCUT2D eigenvalue weighted by molar-refractivity contribution is -0.172. The Morgan fingerprint density at radius 1 is 1.06 bits per heavy atom. The number of fused-ring (bicyclic) bond motifs is 3. The molecule has 1 saturated carbocycles. The standard InChI is InChI=1S/C25H33N5O3/c26-24(33)29-9-5-16(6-10-29)23(32)28-11-7-25(8-12-28)13-19(22(25)31)21-18-4-2-1-3-17(18)20-14-27-15-30(20)21/h1-4,14,16,19,21-22,27,31H,5-13,15H2,(H2,26,33). The maximum absolute atomic E-state index is 13.1. The number of likely N-dealkylation sites (tertiary alicyclic amines) is 2. The zero-order valence-corrected chi connectivity index (χ0v) is 18.9. The van der Waals surface area contributed by atoms with Crippen molar-refractivity contribution in [1.82, 2.24) is 20.0 Å². The number of primary amides is 1. The summed E-state index contributed by atoms with van der Waals surface area (Å²) in [5.74, 6) is 0.413. The molecule has 6 rings (SSSR count). The smallest absolute Gasteiger partial charge is 0.314 e. The van der Waals surface area contributed by atoms with E-state index in [1.165, 1.54) is 16.8 Å². The van der Waals surface area contributed by atoms with Gasteiger partial charge in [0.25, 0.3) is 0 Å². The van der Waals surface area contributed by atoms with Crippen LogP contribution < -0.4 is 11.1 Å². The number of hydrogen-bond donors (Lipinski definition) is 3. The monoisotopic (exact) mass is 451 g/mol. The Morgan fingerprint density at radius 3 is 2.48 bits per heavy atom. The van der Waals surface area contributed by atoms with Crippen molar-refractivity contribution in [1.29, 1.82) is 0 Å². The molecule has 3 fully saturated rings. The molecular weight excluding hydrogens is 418 g/mol. The van der Waals surface area contributed by atoms with Gasteiger partial charge in [0.05, 0.1) is 24.5 Å². The van der Waals surface area contributed by atoms with Crippen LogP contribution in [0.1, 0.15) is 49.3 Å². The number of carbonyl (C=O) groups is 2. The maximum atomic E-state index is 13.1. The van der Waals surface area contributed by atoms with Gasteiger partial charge in [-0.1, -0.05) is 24.3 Å². The summed E-state index contributed by atoms with van der Waals surface area (Å²) >= 11 is 0. The van der Waals surface area contributed by atoms with Crippen molar-refractivity contribution < 1.29 is 14.7 Å². The zero-order valence-electron chi connectivity index (χ0n) is 18.9. The van der Waals surface area contributed by atoms with E-state index in [0.29, 0.717) is 25.9 Å². The highest BCUT2D eigenvalue weighted by Gasteiger charge is 2.59. The molecule has 2 saturated heterocycles. The molecule has 8 nitrogen and oxygen atoms in total. The third-order valence-electron chi connectivity index (χ3n) is 9.01. The largest absolute Gasteiger partial charge is 0.392 e. The van der Waals surface area contributed by atoms with E-state index in [1.54, 1.807) is 4.90 Å². The lowest BCUT2D eigenvalue weighted by Crippen LogP contribution is -2.61. The van der Waals surface area contributed by atoms with Crippen LogP contribution in [0.4, 0.5) is 4.79 Å². The Balaban J connectivity index is 1.09. The average Bonchev–Trinajstić information content (AvgIpc) is 3.44. The number of aliphatic hydroxyl groups excluding tert-OH is 1. The molecule has 0 bridgehead atoms. The first-order chi connectivity index (χ1) is 16.0. The molecule has 4 N–H and O–H groups in total. The molecule has 0 aromatic heterocycles. The molecule has 33 heavy (non-hydrogen) atoms. The Morgan fingerprint density at radius 2 is 1.79 bits per heavy atom. The van der Waals surface area contributed by atoms with Crippen LogP contribution in [0.25, 0.3) is 5.70 Å². The average molecular weight is 452 g/mol. The number of carbonyl (C=O) groups excluding carboxylic acids is 2. The molecule has 3 atom stereocenters. The van der Waals surface area contributed by atoms with E-state index in [4.69, 9.17) is 5.73 Å². The van der Waals surface area contributed by atoms with E-state index >= 15 is 0 Å². The summed E-state index contributed by atoms with van der Waals surface area (Å²) in [6.45, 7) is 3.36. The summed E-state index contributed by atoms with van der Waals surface area (Å²) in [6, 6.07) is 8.40. The summed E-state index contributed by atoms with van der Waals surface area (Å²) in [5, 5.41) is 14.8. The van der Waals surface area contributed by atoms with Gasteiger partial charge in [-0.3, -0.25) is 4.79 Å². The van der Waals surface area contributed by atoms with Gasteiger partial charge in [-0.05, 0) is 37.7 Å². The van der Waals surface area contributed by atoms with E-state index in [-0.39, 0.29) is 35.3 Å². The molecule has 4 heterocycles. The zero-order chi connectivity index (χ0) is 22.7. The van der Waals surface area contributed by atoms with Gasteiger partial charge in [0.15, 0.2) is 0 Å². The Kier molecular flexibility index (Phi) is 4.83. The lowest BCUT2D eigenvalue weighted by Gasteiger charge is -2.58. The fraction of sp³-hybridized carbons (Fsp3) is 0.600. The van der Waals surface area contributed by atoms with Crippen molar-refractivity contribution >= 4 is 17.6 Å². The van der Waals surface area contributed by atoms with Crippen LogP contribution in [0.3, 0.4) is 0 Å². The minimum Gasteiger partial charge on any atom is -0.392 e. The fourth-order valence-electron chi connectivity index (χ4n) is 7.06. The van der Waals surface area contributed by atoms with Crippen molar-refractivity contribution in [2.24, 2.45) is 23.0 Å². The normalized spacial score (nSPS) is 30.4. The van der Waals surface area contributed by atoms with Gasteiger partial charge in [-0.15, -0.1) is 0 Å². The van der Waals surface area contributed by atoms with Crippen molar-refractivity contribution in [3.63, 3.8) is 0 Å². The quantitative estimate of drug-likeness (QED) is 0.635. The third kappa shape index (κ3) is 3.14. The predicted octanol–water partition coefficient (Wildman–Crippen LogP) is 1.68. The minimum atomic E-state index is -0.397. The van der Waals surface area contributed by atoms with E-state index in [0.717, 1.165) is 39.0 Å². The van der Waals surface area contributed by atoms with Gasteiger partial charge in [0.2, 0.25) is 5.91 Å². The molecular formula is C25H33N5O3. The van der Waals surface area contributed by atoms with Gasteiger partial charge >= 0.3 is 6.03 Å². The number of urea groups is 1. The summed E-state index contributed by atoms with van der Waals surface area (Å²) < 4.78 is 0. The Bertz CT molecular complexity index is 994. The third-order valence-corrected chi connectivity index (χ3v) is 9.01. The minimum absolute atomic E-state index is 0.0171. The molecule has 3 amide bonds. The molecule has 3 unspecified atom stereocenters. The van der Waals surface area contributed by atoms with Gasteiger partial charge in [0.1, 0.15) is 0 Å². The second-order valence-corrected chi connectivity index (χ2v) is 10.5. The number of nitrogens with one attached hydrogen (secondary N) is 1. The van der Waals surface area contributed by atoms with Crippen molar-refractivity contribution in [3.05, 3.63) is 41.6 Å². The highest BCUT2D eigenvalue weighted by atomic mass is 16.3. The lowest BCUT2D eigenvalue weighted by atomic mass is 9.53. The first kappa shape index (κ1) is 20.8. The van der Waals surface area contributed by atoms with Crippen LogP contribution in [-0.4, -0.2) is 70.7 Å². The van der Waals surface area contributed by atoms with Gasteiger partial charge in [0, 0.05) is 55.2 Å². The highest BCUT2D eigenvalue weighted by molar-refractivity contribution is 5.80. The second kappa shape index (κ2) is 7.65. The van der Waals surface area contributed by atoms with E-state index < -0.39 is 6.03 Å². The molecule has 1 spiro atoms. The summed E-state index contributed by atoms with van der Waals surface area (Å²) in [4.78, 5) is 30.4.